The van der Waals surface area contributed by atoms with Crippen molar-refractivity contribution >= 4 is 11.7 Å². The third kappa shape index (κ3) is 2.91. The molecule has 0 spiro atoms. The number of aryl methyl sites for hydroxylation is 1. The van der Waals surface area contributed by atoms with Crippen molar-refractivity contribution in [3.63, 3.8) is 0 Å². The Morgan fingerprint density at radius 3 is 3.00 bits per heavy atom. The van der Waals surface area contributed by atoms with Crippen LogP contribution >= 0.6 is 0 Å². The lowest BCUT2D eigenvalue weighted by Gasteiger charge is -2.08. The minimum atomic E-state index is -0.306. The monoisotopic (exact) mass is 287 g/mol. The van der Waals surface area contributed by atoms with E-state index in [0.717, 1.165) is 24.5 Å². The van der Waals surface area contributed by atoms with E-state index < -0.39 is 0 Å². The van der Waals surface area contributed by atoms with E-state index in [0.29, 0.717) is 18.1 Å². The summed E-state index contributed by atoms with van der Waals surface area (Å²) in [5, 5.41) is 0. The number of aromatic nitrogens is 3. The van der Waals surface area contributed by atoms with Crippen molar-refractivity contribution in [2.24, 2.45) is 5.92 Å². The van der Waals surface area contributed by atoms with Gasteiger partial charge >= 0.3 is 5.97 Å². The second kappa shape index (κ2) is 6.24. The minimum absolute atomic E-state index is 0.306. The Morgan fingerprint density at radius 1 is 1.43 bits per heavy atom. The third-order valence-electron chi connectivity index (χ3n) is 4.21. The Balaban J connectivity index is 1.88. The number of hydrogen-bond acceptors (Lipinski definition) is 4. The molecular formula is C16H21N3O2. The van der Waals surface area contributed by atoms with Crippen molar-refractivity contribution in [3.05, 3.63) is 29.8 Å². The molecule has 0 radical (unpaired) electrons. The first-order valence-corrected chi connectivity index (χ1v) is 7.78. The van der Waals surface area contributed by atoms with Gasteiger partial charge in [0.1, 0.15) is 0 Å². The molecule has 1 aliphatic carbocycles. The van der Waals surface area contributed by atoms with E-state index in [2.05, 4.69) is 9.97 Å². The highest BCUT2D eigenvalue weighted by Gasteiger charge is 2.22. The number of carbonyl (C=O) groups excluding carboxylic acids is 1. The normalized spacial score (nSPS) is 15.7. The Kier molecular flexibility index (Phi) is 4.18. The first-order chi connectivity index (χ1) is 10.3. The van der Waals surface area contributed by atoms with E-state index in [9.17, 15) is 4.79 Å². The zero-order chi connectivity index (χ0) is 14.7. The highest BCUT2D eigenvalue weighted by molar-refractivity contribution is 5.89. The van der Waals surface area contributed by atoms with E-state index >= 15 is 0 Å². The summed E-state index contributed by atoms with van der Waals surface area (Å²) in [6, 6.07) is 1.80. The number of nitrogens with zero attached hydrogens (tertiary/aromatic N) is 3. The van der Waals surface area contributed by atoms with Crippen LogP contribution < -0.4 is 0 Å². The van der Waals surface area contributed by atoms with Gasteiger partial charge in [-0.2, -0.15) is 0 Å². The third-order valence-corrected chi connectivity index (χ3v) is 4.21. The van der Waals surface area contributed by atoms with Gasteiger partial charge in [-0.25, -0.2) is 14.8 Å². The molecule has 5 heteroatoms. The average molecular weight is 287 g/mol. The van der Waals surface area contributed by atoms with E-state index in [1.807, 2.05) is 13.1 Å². The summed E-state index contributed by atoms with van der Waals surface area (Å²) in [5.74, 6) is 1.04. The molecule has 5 nitrogen and oxygen atoms in total. The van der Waals surface area contributed by atoms with E-state index in [4.69, 9.17) is 4.74 Å². The van der Waals surface area contributed by atoms with Crippen LogP contribution in [-0.2, 0) is 11.2 Å². The second-order valence-electron chi connectivity index (χ2n) is 5.61. The minimum Gasteiger partial charge on any atom is -0.461 e. The summed E-state index contributed by atoms with van der Waals surface area (Å²) in [6.07, 6.45) is 10.7. The average Bonchev–Trinajstić information content (AvgIpc) is 3.12. The van der Waals surface area contributed by atoms with Crippen molar-refractivity contribution in [3.8, 4) is 0 Å². The molecule has 0 bridgehead atoms. The highest BCUT2D eigenvalue weighted by Crippen LogP contribution is 2.29. The molecule has 1 fully saturated rings. The fourth-order valence-corrected chi connectivity index (χ4v) is 3.16. The molecule has 112 valence electrons. The Labute approximate surface area is 124 Å². The summed E-state index contributed by atoms with van der Waals surface area (Å²) in [4.78, 5) is 21.0. The van der Waals surface area contributed by atoms with Crippen molar-refractivity contribution in [2.75, 3.05) is 6.61 Å². The van der Waals surface area contributed by atoms with Gasteiger partial charge in [-0.3, -0.25) is 4.40 Å². The van der Waals surface area contributed by atoms with Gasteiger partial charge in [-0.1, -0.05) is 25.7 Å². The van der Waals surface area contributed by atoms with Crippen LogP contribution in [0.1, 0.15) is 55.2 Å². The summed E-state index contributed by atoms with van der Waals surface area (Å²) in [6.45, 7) is 2.19. The molecule has 3 rings (SSSR count). The fourth-order valence-electron chi connectivity index (χ4n) is 3.16. The van der Waals surface area contributed by atoms with Gasteiger partial charge in [0.15, 0.2) is 5.69 Å². The number of hydrogen-bond donors (Lipinski definition) is 0. The van der Waals surface area contributed by atoms with Gasteiger partial charge in [0.25, 0.3) is 0 Å². The summed E-state index contributed by atoms with van der Waals surface area (Å²) < 4.78 is 6.92. The number of fused-ring (bicyclic) bond motifs is 1. The smallest absolute Gasteiger partial charge is 0.357 e. The molecule has 0 N–H and O–H groups in total. The predicted octanol–water partition coefficient (Wildman–Crippen LogP) is 3.03. The van der Waals surface area contributed by atoms with Gasteiger partial charge in [0.05, 0.1) is 12.3 Å². The van der Waals surface area contributed by atoms with Crippen molar-refractivity contribution in [1.29, 1.82) is 0 Å². The van der Waals surface area contributed by atoms with E-state index in [1.165, 1.54) is 25.7 Å². The molecule has 0 unspecified atom stereocenters. The zero-order valence-corrected chi connectivity index (χ0v) is 12.4. The van der Waals surface area contributed by atoms with Crippen LogP contribution in [-0.4, -0.2) is 26.9 Å². The van der Waals surface area contributed by atoms with Crippen LogP contribution in [0.3, 0.4) is 0 Å². The Bertz CT molecular complexity index is 629. The number of ether oxygens (including phenoxy) is 1. The molecular weight excluding hydrogens is 266 g/mol. The maximum Gasteiger partial charge on any atom is 0.357 e. The van der Waals surface area contributed by atoms with Crippen molar-refractivity contribution in [2.45, 2.75) is 45.4 Å². The zero-order valence-electron chi connectivity index (χ0n) is 12.4. The molecule has 1 aliphatic rings. The van der Waals surface area contributed by atoms with E-state index in [-0.39, 0.29) is 5.97 Å². The molecule has 2 aromatic heterocycles. The van der Waals surface area contributed by atoms with Crippen molar-refractivity contribution < 1.29 is 9.53 Å². The van der Waals surface area contributed by atoms with Gasteiger partial charge in [-0.05, 0) is 31.7 Å². The second-order valence-corrected chi connectivity index (χ2v) is 5.61. The van der Waals surface area contributed by atoms with Gasteiger partial charge in [0.2, 0.25) is 5.78 Å². The molecule has 0 saturated heterocycles. The van der Waals surface area contributed by atoms with Gasteiger partial charge in [0, 0.05) is 12.4 Å². The van der Waals surface area contributed by atoms with Crippen LogP contribution in [0, 0.1) is 5.92 Å². The Hall–Kier alpha value is -1.91. The Morgan fingerprint density at radius 2 is 2.24 bits per heavy atom. The van der Waals surface area contributed by atoms with E-state index in [1.54, 1.807) is 16.7 Å². The number of carbonyl (C=O) groups is 1. The standard InChI is InChI=1S/C16H21N3O2/c1-2-21-15(20)14-13(9-8-12-6-3-4-7-12)18-16-17-10-5-11-19(14)16/h5,10-12H,2-4,6-9H2,1H3. The highest BCUT2D eigenvalue weighted by atomic mass is 16.5. The number of imidazole rings is 1. The van der Waals surface area contributed by atoms with Gasteiger partial charge in [-0.15, -0.1) is 0 Å². The van der Waals surface area contributed by atoms with Crippen LogP contribution in [0.15, 0.2) is 18.5 Å². The van der Waals surface area contributed by atoms with Crippen LogP contribution in [0.4, 0.5) is 0 Å². The topological polar surface area (TPSA) is 56.5 Å². The van der Waals surface area contributed by atoms with Crippen LogP contribution in [0.5, 0.6) is 0 Å². The first kappa shape index (κ1) is 14.0. The van der Waals surface area contributed by atoms with Crippen LogP contribution in [0.2, 0.25) is 0 Å². The summed E-state index contributed by atoms with van der Waals surface area (Å²) in [7, 11) is 0. The molecule has 0 aliphatic heterocycles. The number of rotatable bonds is 5. The molecule has 2 aromatic rings. The maximum atomic E-state index is 12.2. The van der Waals surface area contributed by atoms with Gasteiger partial charge < -0.3 is 4.74 Å². The fraction of sp³-hybridized carbons (Fsp3) is 0.562. The lowest BCUT2D eigenvalue weighted by Crippen LogP contribution is -2.11. The quantitative estimate of drug-likeness (QED) is 0.793. The lowest BCUT2D eigenvalue weighted by atomic mass is 10.00. The molecule has 0 atom stereocenters. The largest absolute Gasteiger partial charge is 0.461 e. The molecule has 21 heavy (non-hydrogen) atoms. The predicted molar refractivity (Wildman–Crippen MR) is 79.2 cm³/mol. The van der Waals surface area contributed by atoms with Crippen molar-refractivity contribution in [1.82, 2.24) is 14.4 Å². The SMILES string of the molecule is CCOC(=O)c1c(CCC2CCCC2)nc2ncccn12. The first-order valence-electron chi connectivity index (χ1n) is 7.78. The molecule has 0 aromatic carbocycles. The molecule has 2 heterocycles. The maximum absolute atomic E-state index is 12.2. The van der Waals surface area contributed by atoms with Crippen LogP contribution in [0.25, 0.3) is 5.78 Å². The number of esters is 1. The molecule has 0 amide bonds. The summed E-state index contributed by atoms with van der Waals surface area (Å²) >= 11 is 0. The summed E-state index contributed by atoms with van der Waals surface area (Å²) in [5.41, 5.74) is 1.36. The lowest BCUT2D eigenvalue weighted by molar-refractivity contribution is 0.0516. The molecule has 1 saturated carbocycles.